The summed E-state index contributed by atoms with van der Waals surface area (Å²) in [4.78, 5) is 25.2. The van der Waals surface area contributed by atoms with Crippen LogP contribution in [0, 0.1) is 0 Å². The summed E-state index contributed by atoms with van der Waals surface area (Å²) in [5, 5.41) is 3.02. The van der Waals surface area contributed by atoms with Crippen LogP contribution in [0.25, 0.3) is 0 Å². The van der Waals surface area contributed by atoms with E-state index in [0.29, 0.717) is 19.5 Å². The minimum atomic E-state index is -0.304. The minimum absolute atomic E-state index is 0.00947. The highest BCUT2D eigenvalue weighted by Crippen LogP contribution is 2.14. The van der Waals surface area contributed by atoms with Crippen molar-refractivity contribution in [1.29, 1.82) is 0 Å². The first-order valence-corrected chi connectivity index (χ1v) is 7.37. The summed E-state index contributed by atoms with van der Waals surface area (Å²) in [6.07, 6.45) is 1.52. The number of ether oxygens (including phenoxy) is 2. The Labute approximate surface area is 130 Å². The Balaban J connectivity index is 1.79. The van der Waals surface area contributed by atoms with E-state index in [2.05, 4.69) is 5.32 Å². The zero-order valence-corrected chi connectivity index (χ0v) is 13.0. The number of methoxy groups -OCH3 is 2. The number of rotatable bonds is 4. The minimum Gasteiger partial charge on any atom is -0.497 e. The SMILES string of the molecule is COC(=O)N1CCC(NC(=O)Cc2cccc(OC)c2)CC1. The van der Waals surface area contributed by atoms with Gasteiger partial charge < -0.3 is 19.7 Å². The quantitative estimate of drug-likeness (QED) is 0.917. The maximum Gasteiger partial charge on any atom is 0.409 e. The third-order valence-electron chi connectivity index (χ3n) is 3.79. The summed E-state index contributed by atoms with van der Waals surface area (Å²) < 4.78 is 9.84. The van der Waals surface area contributed by atoms with Crippen LogP contribution in [0.15, 0.2) is 24.3 Å². The van der Waals surface area contributed by atoms with Crippen molar-refractivity contribution in [2.24, 2.45) is 0 Å². The lowest BCUT2D eigenvalue weighted by atomic mass is 10.0. The lowest BCUT2D eigenvalue weighted by molar-refractivity contribution is -0.121. The zero-order valence-electron chi connectivity index (χ0n) is 13.0. The summed E-state index contributed by atoms with van der Waals surface area (Å²) in [6.45, 7) is 1.22. The molecule has 1 aromatic rings. The van der Waals surface area contributed by atoms with E-state index in [1.54, 1.807) is 12.0 Å². The molecule has 1 aromatic carbocycles. The molecule has 1 heterocycles. The molecule has 0 atom stereocenters. The predicted octanol–water partition coefficient (Wildman–Crippen LogP) is 1.58. The average Bonchev–Trinajstić information content (AvgIpc) is 2.55. The van der Waals surface area contributed by atoms with Gasteiger partial charge in [0.15, 0.2) is 0 Å². The summed E-state index contributed by atoms with van der Waals surface area (Å²) in [5.41, 5.74) is 0.920. The largest absolute Gasteiger partial charge is 0.497 e. The molecule has 1 fully saturated rings. The third kappa shape index (κ3) is 4.38. The van der Waals surface area contributed by atoms with Crippen LogP contribution in [0.1, 0.15) is 18.4 Å². The highest BCUT2D eigenvalue weighted by molar-refractivity contribution is 5.79. The van der Waals surface area contributed by atoms with Gasteiger partial charge in [0.25, 0.3) is 0 Å². The Hall–Kier alpha value is -2.24. The van der Waals surface area contributed by atoms with Crippen molar-refractivity contribution in [3.8, 4) is 5.75 Å². The molecule has 6 nitrogen and oxygen atoms in total. The van der Waals surface area contributed by atoms with E-state index in [-0.39, 0.29) is 18.0 Å². The molecule has 2 amide bonds. The van der Waals surface area contributed by atoms with Crippen LogP contribution in [0.2, 0.25) is 0 Å². The number of benzene rings is 1. The number of nitrogens with zero attached hydrogens (tertiary/aromatic N) is 1. The Morgan fingerprint density at radius 1 is 1.27 bits per heavy atom. The van der Waals surface area contributed by atoms with Gasteiger partial charge in [0.05, 0.1) is 20.6 Å². The number of piperidine rings is 1. The maximum absolute atomic E-state index is 12.1. The number of amides is 2. The van der Waals surface area contributed by atoms with Crippen LogP contribution < -0.4 is 10.1 Å². The molecule has 1 aliphatic rings. The first kappa shape index (κ1) is 16.1. The Morgan fingerprint density at radius 3 is 2.64 bits per heavy atom. The monoisotopic (exact) mass is 306 g/mol. The van der Waals surface area contributed by atoms with E-state index < -0.39 is 0 Å². The van der Waals surface area contributed by atoms with Crippen LogP contribution in [0.3, 0.4) is 0 Å². The molecule has 0 unspecified atom stereocenters. The number of hydrogen-bond acceptors (Lipinski definition) is 4. The molecule has 1 saturated heterocycles. The summed E-state index contributed by atoms with van der Waals surface area (Å²) in [6, 6.07) is 7.60. The van der Waals surface area contributed by atoms with Crippen LogP contribution in [-0.4, -0.2) is 50.3 Å². The van der Waals surface area contributed by atoms with E-state index in [0.717, 1.165) is 24.2 Å². The lowest BCUT2D eigenvalue weighted by Gasteiger charge is -2.31. The van der Waals surface area contributed by atoms with Crippen molar-refractivity contribution in [3.63, 3.8) is 0 Å². The van der Waals surface area contributed by atoms with Gasteiger partial charge in [-0.05, 0) is 30.5 Å². The number of carbonyl (C=O) groups is 2. The molecule has 2 rings (SSSR count). The van der Waals surface area contributed by atoms with Gasteiger partial charge in [-0.1, -0.05) is 12.1 Å². The van der Waals surface area contributed by atoms with Gasteiger partial charge in [-0.2, -0.15) is 0 Å². The molecule has 0 aliphatic carbocycles. The second kappa shape index (κ2) is 7.68. The molecule has 1 N–H and O–H groups in total. The number of nitrogens with one attached hydrogen (secondary N) is 1. The molecule has 1 aliphatic heterocycles. The van der Waals surface area contributed by atoms with Crippen LogP contribution in [0.5, 0.6) is 5.75 Å². The topological polar surface area (TPSA) is 67.9 Å². The molecule has 120 valence electrons. The Bertz CT molecular complexity index is 525. The normalized spacial score (nSPS) is 15.3. The van der Waals surface area contributed by atoms with E-state index >= 15 is 0 Å². The van der Waals surface area contributed by atoms with Gasteiger partial charge in [-0.15, -0.1) is 0 Å². The second-order valence-electron chi connectivity index (χ2n) is 5.33. The molecule has 0 saturated carbocycles. The zero-order chi connectivity index (χ0) is 15.9. The van der Waals surface area contributed by atoms with Gasteiger partial charge in [0.1, 0.15) is 5.75 Å². The number of carbonyl (C=O) groups excluding carboxylic acids is 2. The average molecular weight is 306 g/mol. The standard InChI is InChI=1S/C16H22N2O4/c1-21-14-5-3-4-12(10-14)11-15(19)17-13-6-8-18(9-7-13)16(20)22-2/h3-5,10,13H,6-9,11H2,1-2H3,(H,17,19). The number of hydrogen-bond donors (Lipinski definition) is 1. The van der Waals surface area contributed by atoms with Crippen molar-refractivity contribution < 1.29 is 19.1 Å². The molecule has 0 radical (unpaired) electrons. The Kier molecular flexibility index (Phi) is 5.63. The van der Waals surface area contributed by atoms with E-state index in [9.17, 15) is 9.59 Å². The smallest absolute Gasteiger partial charge is 0.409 e. The van der Waals surface area contributed by atoms with Crippen molar-refractivity contribution in [2.75, 3.05) is 27.3 Å². The Morgan fingerprint density at radius 2 is 2.00 bits per heavy atom. The van der Waals surface area contributed by atoms with Gasteiger partial charge in [-0.3, -0.25) is 4.79 Å². The van der Waals surface area contributed by atoms with Gasteiger partial charge in [0.2, 0.25) is 5.91 Å². The summed E-state index contributed by atoms with van der Waals surface area (Å²) in [7, 11) is 2.98. The van der Waals surface area contributed by atoms with E-state index in [4.69, 9.17) is 9.47 Å². The second-order valence-corrected chi connectivity index (χ2v) is 5.33. The van der Waals surface area contributed by atoms with Gasteiger partial charge >= 0.3 is 6.09 Å². The first-order chi connectivity index (χ1) is 10.6. The lowest BCUT2D eigenvalue weighted by Crippen LogP contribution is -2.46. The van der Waals surface area contributed by atoms with Crippen LogP contribution in [-0.2, 0) is 16.0 Å². The summed E-state index contributed by atoms with van der Waals surface area (Å²) >= 11 is 0. The van der Waals surface area contributed by atoms with Gasteiger partial charge in [-0.25, -0.2) is 4.79 Å². The fourth-order valence-electron chi connectivity index (χ4n) is 2.58. The molecular weight excluding hydrogens is 284 g/mol. The fourth-order valence-corrected chi connectivity index (χ4v) is 2.58. The highest BCUT2D eigenvalue weighted by Gasteiger charge is 2.24. The first-order valence-electron chi connectivity index (χ1n) is 7.37. The van der Waals surface area contributed by atoms with Crippen LogP contribution >= 0.6 is 0 Å². The predicted molar refractivity (Wildman–Crippen MR) is 81.8 cm³/mol. The van der Waals surface area contributed by atoms with Crippen molar-refractivity contribution in [1.82, 2.24) is 10.2 Å². The number of likely N-dealkylation sites (tertiary alicyclic amines) is 1. The van der Waals surface area contributed by atoms with E-state index in [1.807, 2.05) is 24.3 Å². The molecular formula is C16H22N2O4. The summed E-state index contributed by atoms with van der Waals surface area (Å²) in [5.74, 6) is 0.737. The molecule has 0 spiro atoms. The molecule has 0 bridgehead atoms. The molecule has 0 aromatic heterocycles. The van der Waals surface area contributed by atoms with E-state index in [1.165, 1.54) is 7.11 Å². The fraction of sp³-hybridized carbons (Fsp3) is 0.500. The van der Waals surface area contributed by atoms with Gasteiger partial charge in [0, 0.05) is 19.1 Å². The third-order valence-corrected chi connectivity index (χ3v) is 3.79. The van der Waals surface area contributed by atoms with Crippen molar-refractivity contribution in [2.45, 2.75) is 25.3 Å². The maximum atomic E-state index is 12.1. The molecule has 22 heavy (non-hydrogen) atoms. The molecule has 6 heteroatoms. The van der Waals surface area contributed by atoms with Crippen molar-refractivity contribution >= 4 is 12.0 Å². The van der Waals surface area contributed by atoms with Crippen molar-refractivity contribution in [3.05, 3.63) is 29.8 Å². The van der Waals surface area contributed by atoms with Crippen LogP contribution in [0.4, 0.5) is 4.79 Å². The highest BCUT2D eigenvalue weighted by atomic mass is 16.5.